The van der Waals surface area contributed by atoms with Crippen LogP contribution in [0.4, 0.5) is 10.5 Å². The number of hydrogen-bond donors (Lipinski definition) is 2. The maximum absolute atomic E-state index is 11.6. The van der Waals surface area contributed by atoms with Crippen LogP contribution in [0.25, 0.3) is 0 Å². The number of nitrogens with zero attached hydrogens (tertiary/aromatic N) is 1. The molecule has 0 fully saturated rings. The second-order valence-electron chi connectivity index (χ2n) is 4.01. The number of hydrogen-bond acceptors (Lipinski definition) is 4. The standard InChI is InChI=1S/C14H13N3O3/c15-13(18)8-10-6-7-11(9-16-10)17-14(19)20-12-4-2-1-3-5-12/h1-7,9H,8H2,(H2,15,18)(H,17,19). The second-order valence-corrected chi connectivity index (χ2v) is 4.01. The summed E-state index contributed by atoms with van der Waals surface area (Å²) in [6.07, 6.45) is 0.889. The van der Waals surface area contributed by atoms with Gasteiger partial charge in [-0.2, -0.15) is 0 Å². The van der Waals surface area contributed by atoms with Crippen LogP contribution < -0.4 is 15.8 Å². The minimum absolute atomic E-state index is 0.0642. The third-order valence-corrected chi connectivity index (χ3v) is 2.38. The molecule has 102 valence electrons. The molecule has 2 amide bonds. The Kier molecular flexibility index (Phi) is 4.28. The van der Waals surface area contributed by atoms with E-state index in [0.29, 0.717) is 17.1 Å². The molecule has 2 rings (SSSR count). The van der Waals surface area contributed by atoms with Gasteiger partial charge in [0.25, 0.3) is 0 Å². The topological polar surface area (TPSA) is 94.3 Å². The Morgan fingerprint density at radius 2 is 1.90 bits per heavy atom. The van der Waals surface area contributed by atoms with Gasteiger partial charge in [-0.25, -0.2) is 4.79 Å². The van der Waals surface area contributed by atoms with Crippen LogP contribution >= 0.6 is 0 Å². The van der Waals surface area contributed by atoms with Crippen LogP contribution in [-0.4, -0.2) is 17.0 Å². The van der Waals surface area contributed by atoms with Crippen molar-refractivity contribution in [2.75, 3.05) is 5.32 Å². The van der Waals surface area contributed by atoms with Gasteiger partial charge in [-0.05, 0) is 24.3 Å². The van der Waals surface area contributed by atoms with Gasteiger partial charge >= 0.3 is 6.09 Å². The number of carbonyl (C=O) groups is 2. The Morgan fingerprint density at radius 3 is 2.50 bits per heavy atom. The lowest BCUT2D eigenvalue weighted by molar-refractivity contribution is -0.117. The van der Waals surface area contributed by atoms with E-state index in [1.54, 1.807) is 36.4 Å². The number of ether oxygens (including phenoxy) is 1. The fourth-order valence-corrected chi connectivity index (χ4v) is 1.52. The van der Waals surface area contributed by atoms with E-state index in [0.717, 1.165) is 0 Å². The van der Waals surface area contributed by atoms with Crippen molar-refractivity contribution in [1.82, 2.24) is 4.98 Å². The number of rotatable bonds is 4. The average molecular weight is 271 g/mol. The Morgan fingerprint density at radius 1 is 1.15 bits per heavy atom. The van der Waals surface area contributed by atoms with Gasteiger partial charge in [0.15, 0.2) is 0 Å². The summed E-state index contributed by atoms with van der Waals surface area (Å²) in [6.45, 7) is 0. The number of para-hydroxylation sites is 1. The molecule has 20 heavy (non-hydrogen) atoms. The molecule has 2 aromatic rings. The highest BCUT2D eigenvalue weighted by Gasteiger charge is 2.06. The average Bonchev–Trinajstić information content (AvgIpc) is 2.41. The smallest absolute Gasteiger partial charge is 0.410 e. The molecule has 0 saturated heterocycles. The third kappa shape index (κ3) is 4.09. The number of benzene rings is 1. The predicted octanol–water partition coefficient (Wildman–Crippen LogP) is 1.72. The lowest BCUT2D eigenvalue weighted by atomic mass is 10.2. The van der Waals surface area contributed by atoms with Crippen LogP contribution in [0.3, 0.4) is 0 Å². The van der Waals surface area contributed by atoms with Gasteiger partial charge < -0.3 is 10.5 Å². The normalized spacial score (nSPS) is 9.80. The van der Waals surface area contributed by atoms with Crippen LogP contribution in [-0.2, 0) is 11.2 Å². The van der Waals surface area contributed by atoms with Gasteiger partial charge in [0.1, 0.15) is 5.75 Å². The molecule has 0 aliphatic heterocycles. The maximum atomic E-state index is 11.6. The van der Waals surface area contributed by atoms with Gasteiger partial charge in [-0.3, -0.25) is 15.1 Å². The van der Waals surface area contributed by atoms with Crippen molar-refractivity contribution in [3.05, 3.63) is 54.4 Å². The molecule has 3 N–H and O–H groups in total. The highest BCUT2D eigenvalue weighted by Crippen LogP contribution is 2.11. The van der Waals surface area contributed by atoms with Crippen LogP contribution in [0.15, 0.2) is 48.7 Å². The molecule has 0 aliphatic rings. The minimum atomic E-state index is -0.611. The molecule has 0 unspecified atom stereocenters. The van der Waals surface area contributed by atoms with Crippen LogP contribution in [0.5, 0.6) is 5.75 Å². The maximum Gasteiger partial charge on any atom is 0.417 e. The first-order valence-electron chi connectivity index (χ1n) is 5.90. The van der Waals surface area contributed by atoms with Crippen LogP contribution in [0, 0.1) is 0 Å². The van der Waals surface area contributed by atoms with Gasteiger partial charge in [-0.1, -0.05) is 18.2 Å². The third-order valence-electron chi connectivity index (χ3n) is 2.38. The Labute approximate surface area is 115 Å². The van der Waals surface area contributed by atoms with Crippen molar-refractivity contribution in [2.24, 2.45) is 5.73 Å². The summed E-state index contributed by atoms with van der Waals surface area (Å²) in [7, 11) is 0. The van der Waals surface area contributed by atoms with Gasteiger partial charge in [0, 0.05) is 5.69 Å². The van der Waals surface area contributed by atoms with Crippen LogP contribution in [0.2, 0.25) is 0 Å². The molecular formula is C14H13N3O3. The lowest BCUT2D eigenvalue weighted by Crippen LogP contribution is -2.17. The molecule has 0 aliphatic carbocycles. The number of primary amides is 1. The van der Waals surface area contributed by atoms with E-state index >= 15 is 0 Å². The monoisotopic (exact) mass is 271 g/mol. The first-order chi connectivity index (χ1) is 9.63. The molecule has 0 radical (unpaired) electrons. The summed E-state index contributed by atoms with van der Waals surface area (Å²) in [5, 5.41) is 2.53. The number of anilines is 1. The molecule has 1 heterocycles. The van der Waals surface area contributed by atoms with E-state index in [-0.39, 0.29) is 6.42 Å². The molecular weight excluding hydrogens is 258 g/mol. The Balaban J connectivity index is 1.93. The summed E-state index contributed by atoms with van der Waals surface area (Å²) < 4.78 is 5.06. The SMILES string of the molecule is NC(=O)Cc1ccc(NC(=O)Oc2ccccc2)cn1. The zero-order valence-corrected chi connectivity index (χ0v) is 10.6. The van der Waals surface area contributed by atoms with Crippen molar-refractivity contribution in [1.29, 1.82) is 0 Å². The largest absolute Gasteiger partial charge is 0.417 e. The Hall–Kier alpha value is -2.89. The molecule has 6 heteroatoms. The molecule has 1 aromatic heterocycles. The summed E-state index contributed by atoms with van der Waals surface area (Å²) in [6, 6.07) is 11.9. The first-order valence-corrected chi connectivity index (χ1v) is 5.90. The van der Waals surface area contributed by atoms with Crippen molar-refractivity contribution in [2.45, 2.75) is 6.42 Å². The number of aromatic nitrogens is 1. The molecule has 1 aromatic carbocycles. The lowest BCUT2D eigenvalue weighted by Gasteiger charge is -2.06. The number of nitrogens with two attached hydrogens (primary N) is 1. The quantitative estimate of drug-likeness (QED) is 0.885. The summed E-state index contributed by atoms with van der Waals surface area (Å²) in [5.74, 6) is -0.00926. The molecule has 6 nitrogen and oxygen atoms in total. The van der Waals surface area contributed by atoms with E-state index in [9.17, 15) is 9.59 Å². The van der Waals surface area contributed by atoms with Crippen molar-refractivity contribution >= 4 is 17.7 Å². The first kappa shape index (κ1) is 13.5. The number of nitrogens with one attached hydrogen (secondary N) is 1. The zero-order chi connectivity index (χ0) is 14.4. The van der Waals surface area contributed by atoms with Crippen LogP contribution in [0.1, 0.15) is 5.69 Å². The van der Waals surface area contributed by atoms with E-state index in [1.807, 2.05) is 6.07 Å². The summed E-state index contributed by atoms with van der Waals surface area (Å²) in [5.41, 5.74) is 6.07. The van der Waals surface area contributed by atoms with E-state index in [2.05, 4.69) is 10.3 Å². The van der Waals surface area contributed by atoms with E-state index in [4.69, 9.17) is 10.5 Å². The highest BCUT2D eigenvalue weighted by molar-refractivity contribution is 5.86. The highest BCUT2D eigenvalue weighted by atomic mass is 16.6. The fourth-order valence-electron chi connectivity index (χ4n) is 1.52. The zero-order valence-electron chi connectivity index (χ0n) is 10.6. The minimum Gasteiger partial charge on any atom is -0.410 e. The van der Waals surface area contributed by atoms with Gasteiger partial charge in [0.05, 0.1) is 18.3 Å². The van der Waals surface area contributed by atoms with E-state index < -0.39 is 12.0 Å². The summed E-state index contributed by atoms with van der Waals surface area (Å²) in [4.78, 5) is 26.3. The predicted molar refractivity (Wildman–Crippen MR) is 73.2 cm³/mol. The molecule has 0 saturated carbocycles. The van der Waals surface area contributed by atoms with Crippen molar-refractivity contribution < 1.29 is 14.3 Å². The van der Waals surface area contributed by atoms with Crippen molar-refractivity contribution in [3.8, 4) is 5.75 Å². The summed E-state index contributed by atoms with van der Waals surface area (Å²) >= 11 is 0. The van der Waals surface area contributed by atoms with Crippen molar-refractivity contribution in [3.63, 3.8) is 0 Å². The van der Waals surface area contributed by atoms with Gasteiger partial charge in [-0.15, -0.1) is 0 Å². The number of amides is 2. The van der Waals surface area contributed by atoms with Gasteiger partial charge in [0.2, 0.25) is 5.91 Å². The molecule has 0 bridgehead atoms. The second kappa shape index (κ2) is 6.33. The number of pyridine rings is 1. The number of carbonyl (C=O) groups excluding carboxylic acids is 2. The molecule has 0 atom stereocenters. The fraction of sp³-hybridized carbons (Fsp3) is 0.0714. The van der Waals surface area contributed by atoms with E-state index in [1.165, 1.54) is 6.20 Å². The Bertz CT molecular complexity index is 597. The molecule has 0 spiro atoms.